The minimum absolute atomic E-state index is 0.226. The normalized spacial score (nSPS) is 14.2. The van der Waals surface area contributed by atoms with Crippen molar-refractivity contribution in [3.8, 4) is 11.3 Å². The molecule has 0 radical (unpaired) electrons. The van der Waals surface area contributed by atoms with Crippen LogP contribution in [0.5, 0.6) is 0 Å². The fourth-order valence-corrected chi connectivity index (χ4v) is 7.14. The van der Waals surface area contributed by atoms with E-state index in [1.54, 1.807) is 0 Å². The molecule has 4 nitrogen and oxygen atoms in total. The van der Waals surface area contributed by atoms with Crippen LogP contribution in [0.2, 0.25) is 0 Å². The molecule has 9 rings (SSSR count). The number of nitrogens with zero attached hydrogens (tertiary/aromatic N) is 4. The number of benzene rings is 4. The Labute approximate surface area is 237 Å². The van der Waals surface area contributed by atoms with Crippen LogP contribution in [-0.4, -0.2) is 14.4 Å². The van der Waals surface area contributed by atoms with Crippen molar-refractivity contribution in [2.24, 2.45) is 0 Å². The lowest BCUT2D eigenvalue weighted by Crippen LogP contribution is -2.30. The fraction of sp³-hybridized carbons (Fsp3) is 0.0811. The molecular formula is C37H26N4. The highest BCUT2D eigenvalue weighted by molar-refractivity contribution is 6.18. The molecule has 0 unspecified atom stereocenters. The molecule has 1 aliphatic heterocycles. The van der Waals surface area contributed by atoms with Crippen molar-refractivity contribution in [3.63, 3.8) is 0 Å². The Kier molecular flexibility index (Phi) is 4.36. The summed E-state index contributed by atoms with van der Waals surface area (Å²) in [5, 5.41) is 3.55. The first-order chi connectivity index (χ1) is 20.1. The highest BCUT2D eigenvalue weighted by atomic mass is 15.3. The van der Waals surface area contributed by atoms with Crippen LogP contribution >= 0.6 is 0 Å². The third-order valence-corrected chi connectivity index (χ3v) is 8.89. The van der Waals surface area contributed by atoms with Crippen LogP contribution < -0.4 is 4.90 Å². The molecule has 4 aromatic carbocycles. The smallest absolute Gasteiger partial charge is 0.235 e. The van der Waals surface area contributed by atoms with Crippen LogP contribution in [0.4, 0.5) is 17.3 Å². The van der Waals surface area contributed by atoms with E-state index in [1.807, 2.05) is 6.07 Å². The van der Waals surface area contributed by atoms with Gasteiger partial charge in [-0.3, -0.25) is 4.90 Å². The van der Waals surface area contributed by atoms with Crippen molar-refractivity contribution in [1.82, 2.24) is 14.4 Å². The lowest BCUT2D eigenvalue weighted by Gasteiger charge is -2.39. The molecule has 8 aromatic rings. The third-order valence-electron chi connectivity index (χ3n) is 8.89. The lowest BCUT2D eigenvalue weighted by atomic mass is 9.74. The summed E-state index contributed by atoms with van der Waals surface area (Å²) in [7, 11) is 0. The van der Waals surface area contributed by atoms with Crippen molar-refractivity contribution >= 4 is 55.5 Å². The molecule has 41 heavy (non-hydrogen) atoms. The van der Waals surface area contributed by atoms with E-state index >= 15 is 0 Å². The predicted octanol–water partition coefficient (Wildman–Crippen LogP) is 9.40. The van der Waals surface area contributed by atoms with Crippen LogP contribution in [-0.2, 0) is 5.41 Å². The van der Waals surface area contributed by atoms with Gasteiger partial charge >= 0.3 is 0 Å². The van der Waals surface area contributed by atoms with Crippen molar-refractivity contribution < 1.29 is 0 Å². The summed E-state index contributed by atoms with van der Waals surface area (Å²) in [5.41, 5.74) is 11.3. The van der Waals surface area contributed by atoms with Crippen molar-refractivity contribution in [2.75, 3.05) is 4.90 Å². The van der Waals surface area contributed by atoms with Gasteiger partial charge in [0.1, 0.15) is 0 Å². The molecule has 0 amide bonds. The molecular weight excluding hydrogens is 500 g/mol. The lowest BCUT2D eigenvalue weighted by molar-refractivity contribution is 0.638. The van der Waals surface area contributed by atoms with Gasteiger partial charge in [0.25, 0.3) is 0 Å². The second-order valence-electron chi connectivity index (χ2n) is 11.5. The number of fused-ring (bicyclic) bond motifs is 8. The molecule has 4 aromatic heterocycles. The van der Waals surface area contributed by atoms with Crippen LogP contribution in [0.3, 0.4) is 0 Å². The number of hydrogen-bond donors (Lipinski definition) is 0. The number of hydrogen-bond acceptors (Lipinski definition) is 3. The van der Waals surface area contributed by atoms with Gasteiger partial charge in [-0.05, 0) is 29.8 Å². The van der Waals surface area contributed by atoms with E-state index in [0.29, 0.717) is 5.95 Å². The van der Waals surface area contributed by atoms with Crippen molar-refractivity contribution in [3.05, 3.63) is 132 Å². The molecule has 4 heteroatoms. The minimum Gasteiger partial charge on any atom is -0.307 e. The number of para-hydroxylation sites is 2. The summed E-state index contributed by atoms with van der Waals surface area (Å²) in [6.07, 6.45) is 0. The molecule has 1 aliphatic rings. The zero-order chi connectivity index (χ0) is 27.3. The Balaban J connectivity index is 1.47. The maximum atomic E-state index is 5.36. The van der Waals surface area contributed by atoms with Gasteiger partial charge < -0.3 is 4.40 Å². The Hall–Kier alpha value is -5.22. The van der Waals surface area contributed by atoms with Gasteiger partial charge in [-0.1, -0.05) is 111 Å². The maximum Gasteiger partial charge on any atom is 0.235 e. The molecule has 0 saturated carbocycles. The minimum atomic E-state index is -0.226. The standard InChI is InChI=1S/C37H26N4/c1-37(2)27-18-9-11-20-30(27)41(36-38-28-19-10-8-17-26(28)33(39-36)23-13-4-3-5-14-23)35-32(37)31-22-12-21-29-24-15-6-7-16-25(24)34(35)40(29)31/h3-22H,1-2H3. The average Bonchev–Trinajstić information content (AvgIpc) is 3.55. The quantitative estimate of drug-likeness (QED) is 0.225. The third kappa shape index (κ3) is 2.89. The van der Waals surface area contributed by atoms with E-state index in [2.05, 4.69) is 138 Å². The first kappa shape index (κ1) is 22.6. The van der Waals surface area contributed by atoms with Crippen molar-refractivity contribution in [2.45, 2.75) is 19.3 Å². The topological polar surface area (TPSA) is 33.4 Å². The second kappa shape index (κ2) is 7.92. The Bertz CT molecular complexity index is 2290. The molecule has 0 bridgehead atoms. The number of aromatic nitrogens is 3. The largest absolute Gasteiger partial charge is 0.307 e. The average molecular weight is 527 g/mol. The number of rotatable bonds is 2. The van der Waals surface area contributed by atoms with E-state index in [4.69, 9.17) is 9.97 Å². The van der Waals surface area contributed by atoms with Crippen LogP contribution in [0, 0.1) is 0 Å². The first-order valence-electron chi connectivity index (χ1n) is 14.1. The molecule has 0 N–H and O–H groups in total. The van der Waals surface area contributed by atoms with Gasteiger partial charge in [-0.25, -0.2) is 9.97 Å². The highest BCUT2D eigenvalue weighted by Crippen LogP contribution is 2.57. The van der Waals surface area contributed by atoms with E-state index in [0.717, 1.165) is 27.8 Å². The maximum absolute atomic E-state index is 5.36. The molecule has 194 valence electrons. The first-order valence-corrected chi connectivity index (χ1v) is 14.1. The summed E-state index contributed by atoms with van der Waals surface area (Å²) in [6, 6.07) is 43.0. The summed E-state index contributed by atoms with van der Waals surface area (Å²) in [5.74, 6) is 0.685. The fourth-order valence-electron chi connectivity index (χ4n) is 7.14. The Morgan fingerprint density at radius 3 is 2.12 bits per heavy atom. The van der Waals surface area contributed by atoms with Crippen LogP contribution in [0.25, 0.3) is 49.5 Å². The van der Waals surface area contributed by atoms with Gasteiger partial charge in [-0.15, -0.1) is 0 Å². The Morgan fingerprint density at radius 2 is 1.27 bits per heavy atom. The summed E-state index contributed by atoms with van der Waals surface area (Å²) in [4.78, 5) is 12.9. The van der Waals surface area contributed by atoms with E-state index in [-0.39, 0.29) is 5.41 Å². The van der Waals surface area contributed by atoms with E-state index in [1.165, 1.54) is 44.1 Å². The molecule has 0 atom stereocenters. The SMILES string of the molecule is CC1(C)c2ccccc2N(c2nc(-c3ccccc3)c3ccccc3n2)c2c1c1cccc3c4ccccc4c2n13. The Morgan fingerprint density at radius 1 is 0.585 bits per heavy atom. The van der Waals surface area contributed by atoms with Crippen LogP contribution in [0.15, 0.2) is 121 Å². The monoisotopic (exact) mass is 526 g/mol. The zero-order valence-electron chi connectivity index (χ0n) is 22.8. The van der Waals surface area contributed by atoms with Gasteiger partial charge in [0.2, 0.25) is 5.95 Å². The van der Waals surface area contributed by atoms with Gasteiger partial charge in [-0.2, -0.15) is 0 Å². The van der Waals surface area contributed by atoms with Gasteiger partial charge in [0, 0.05) is 32.7 Å². The highest BCUT2D eigenvalue weighted by Gasteiger charge is 2.42. The van der Waals surface area contributed by atoms with E-state index < -0.39 is 0 Å². The van der Waals surface area contributed by atoms with E-state index in [9.17, 15) is 0 Å². The molecule has 0 aliphatic carbocycles. The molecule has 0 spiro atoms. The number of pyridine rings is 1. The van der Waals surface area contributed by atoms with Crippen LogP contribution in [0.1, 0.15) is 25.0 Å². The zero-order valence-corrected chi connectivity index (χ0v) is 22.8. The second-order valence-corrected chi connectivity index (χ2v) is 11.5. The molecule has 0 saturated heterocycles. The summed E-state index contributed by atoms with van der Waals surface area (Å²) >= 11 is 0. The molecule has 0 fully saturated rings. The van der Waals surface area contributed by atoms with Crippen molar-refractivity contribution in [1.29, 1.82) is 0 Å². The number of anilines is 3. The summed E-state index contributed by atoms with van der Waals surface area (Å²) in [6.45, 7) is 4.70. The van der Waals surface area contributed by atoms with Gasteiger partial charge in [0.05, 0.1) is 39.1 Å². The summed E-state index contributed by atoms with van der Waals surface area (Å²) < 4.78 is 2.45. The predicted molar refractivity (Wildman–Crippen MR) is 169 cm³/mol. The molecule has 5 heterocycles. The van der Waals surface area contributed by atoms with Gasteiger partial charge in [0.15, 0.2) is 0 Å².